The first-order valence-electron chi connectivity index (χ1n) is 4.79. The molecule has 11 heavy (non-hydrogen) atoms. The summed E-state index contributed by atoms with van der Waals surface area (Å²) in [6.45, 7) is 4.62. The van der Waals surface area contributed by atoms with Crippen LogP contribution in [0, 0.1) is 17.3 Å². The number of aliphatic hydroxyl groups excluding tert-OH is 1. The van der Waals surface area contributed by atoms with Crippen molar-refractivity contribution in [3.8, 4) is 0 Å². The average molecular weight is 154 g/mol. The quantitative estimate of drug-likeness (QED) is 0.614. The van der Waals surface area contributed by atoms with Crippen molar-refractivity contribution in [2.75, 3.05) is 0 Å². The third kappa shape index (κ3) is 1.10. The minimum absolute atomic E-state index is 0.0445. The molecule has 2 saturated carbocycles. The monoisotopic (exact) mass is 154 g/mol. The van der Waals surface area contributed by atoms with Crippen molar-refractivity contribution < 1.29 is 5.11 Å². The summed E-state index contributed by atoms with van der Waals surface area (Å²) in [5.74, 6) is 1.82. The van der Waals surface area contributed by atoms with E-state index in [2.05, 4.69) is 13.8 Å². The lowest BCUT2D eigenvalue weighted by molar-refractivity contribution is -0.120. The van der Waals surface area contributed by atoms with Crippen molar-refractivity contribution in [3.63, 3.8) is 0 Å². The zero-order valence-corrected chi connectivity index (χ0v) is 7.51. The van der Waals surface area contributed by atoms with E-state index in [4.69, 9.17) is 0 Å². The van der Waals surface area contributed by atoms with Crippen LogP contribution < -0.4 is 0 Å². The number of hydrogen-bond acceptors (Lipinski definition) is 1. The molecule has 0 heterocycles. The third-order valence-electron chi connectivity index (χ3n) is 3.67. The highest BCUT2D eigenvalue weighted by atomic mass is 16.3. The molecule has 1 nitrogen and oxygen atoms in total. The van der Waals surface area contributed by atoms with E-state index in [0.29, 0.717) is 5.41 Å². The Balaban J connectivity index is 1.80. The molecule has 0 atom stereocenters. The Morgan fingerprint density at radius 3 is 2.09 bits per heavy atom. The Morgan fingerprint density at radius 2 is 1.73 bits per heavy atom. The second-order valence-corrected chi connectivity index (χ2v) is 4.97. The molecule has 2 aliphatic carbocycles. The highest BCUT2D eigenvalue weighted by molar-refractivity contribution is 5.03. The Bertz CT molecular complexity index is 148. The van der Waals surface area contributed by atoms with Gasteiger partial charge >= 0.3 is 0 Å². The lowest BCUT2D eigenvalue weighted by Crippen LogP contribution is -2.51. The second-order valence-electron chi connectivity index (χ2n) is 4.97. The predicted molar refractivity (Wildman–Crippen MR) is 45.2 cm³/mol. The SMILES string of the molecule is CC(C)C1CC2(CC(O)C2)C1. The summed E-state index contributed by atoms with van der Waals surface area (Å²) in [4.78, 5) is 0. The van der Waals surface area contributed by atoms with Crippen molar-refractivity contribution in [1.82, 2.24) is 0 Å². The number of rotatable bonds is 1. The molecule has 1 N–H and O–H groups in total. The van der Waals surface area contributed by atoms with E-state index in [0.717, 1.165) is 24.7 Å². The molecule has 0 amide bonds. The van der Waals surface area contributed by atoms with Crippen LogP contribution in [-0.2, 0) is 0 Å². The topological polar surface area (TPSA) is 20.2 Å². The van der Waals surface area contributed by atoms with Crippen LogP contribution in [-0.4, -0.2) is 11.2 Å². The molecule has 0 bridgehead atoms. The number of hydrogen-bond donors (Lipinski definition) is 1. The van der Waals surface area contributed by atoms with E-state index < -0.39 is 0 Å². The van der Waals surface area contributed by atoms with Crippen molar-refractivity contribution in [2.45, 2.75) is 45.6 Å². The van der Waals surface area contributed by atoms with Gasteiger partial charge in [-0.25, -0.2) is 0 Å². The predicted octanol–water partition coefficient (Wildman–Crippen LogP) is 2.19. The largest absolute Gasteiger partial charge is 0.393 e. The maximum atomic E-state index is 9.17. The molecular weight excluding hydrogens is 136 g/mol. The fourth-order valence-corrected chi connectivity index (χ4v) is 2.80. The van der Waals surface area contributed by atoms with Crippen molar-refractivity contribution in [3.05, 3.63) is 0 Å². The molecule has 1 spiro atoms. The molecule has 0 aliphatic heterocycles. The van der Waals surface area contributed by atoms with Crippen LogP contribution in [0.15, 0.2) is 0 Å². The molecular formula is C10H18O. The highest BCUT2D eigenvalue weighted by Gasteiger charge is 2.52. The maximum Gasteiger partial charge on any atom is 0.0550 e. The van der Waals surface area contributed by atoms with E-state index >= 15 is 0 Å². The first kappa shape index (κ1) is 7.60. The summed E-state index contributed by atoms with van der Waals surface area (Å²) in [6.07, 6.45) is 5.01. The molecule has 2 rings (SSSR count). The maximum absolute atomic E-state index is 9.17. The minimum Gasteiger partial charge on any atom is -0.393 e. The van der Waals surface area contributed by atoms with Gasteiger partial charge in [-0.05, 0) is 42.9 Å². The molecule has 0 unspecified atom stereocenters. The minimum atomic E-state index is 0.0445. The zero-order chi connectivity index (χ0) is 8.06. The smallest absolute Gasteiger partial charge is 0.0550 e. The summed E-state index contributed by atoms with van der Waals surface area (Å²) in [7, 11) is 0. The molecule has 0 aromatic heterocycles. The van der Waals surface area contributed by atoms with Crippen LogP contribution in [0.2, 0.25) is 0 Å². The van der Waals surface area contributed by atoms with Crippen LogP contribution in [0.5, 0.6) is 0 Å². The van der Waals surface area contributed by atoms with Gasteiger partial charge in [0.2, 0.25) is 0 Å². The standard InChI is InChI=1S/C10H18O/c1-7(2)8-3-10(4-8)5-9(11)6-10/h7-9,11H,3-6H2,1-2H3. The van der Waals surface area contributed by atoms with Gasteiger partial charge in [-0.2, -0.15) is 0 Å². The lowest BCUT2D eigenvalue weighted by atomic mass is 9.49. The van der Waals surface area contributed by atoms with Gasteiger partial charge in [0.15, 0.2) is 0 Å². The summed E-state index contributed by atoms with van der Waals surface area (Å²) in [6, 6.07) is 0. The first-order valence-corrected chi connectivity index (χ1v) is 4.79. The van der Waals surface area contributed by atoms with Gasteiger partial charge < -0.3 is 5.11 Å². The van der Waals surface area contributed by atoms with E-state index in [1.807, 2.05) is 0 Å². The van der Waals surface area contributed by atoms with Crippen molar-refractivity contribution in [2.24, 2.45) is 17.3 Å². The molecule has 1 heteroatoms. The molecule has 0 saturated heterocycles. The molecule has 0 radical (unpaired) electrons. The van der Waals surface area contributed by atoms with Gasteiger partial charge in [0, 0.05) is 0 Å². The van der Waals surface area contributed by atoms with Crippen LogP contribution >= 0.6 is 0 Å². The molecule has 0 aromatic carbocycles. The van der Waals surface area contributed by atoms with Gasteiger partial charge in [-0.3, -0.25) is 0 Å². The normalized spacial score (nSPS) is 49.1. The van der Waals surface area contributed by atoms with E-state index in [1.54, 1.807) is 0 Å². The van der Waals surface area contributed by atoms with E-state index in [-0.39, 0.29) is 6.10 Å². The van der Waals surface area contributed by atoms with E-state index in [1.165, 1.54) is 12.8 Å². The molecule has 2 aliphatic rings. The molecule has 0 aromatic rings. The zero-order valence-electron chi connectivity index (χ0n) is 7.51. The summed E-state index contributed by atoms with van der Waals surface area (Å²) in [5, 5.41) is 9.17. The fourth-order valence-electron chi connectivity index (χ4n) is 2.80. The average Bonchev–Trinajstić information content (AvgIpc) is 1.73. The van der Waals surface area contributed by atoms with Gasteiger partial charge in [0.1, 0.15) is 0 Å². The second kappa shape index (κ2) is 2.22. The third-order valence-corrected chi connectivity index (χ3v) is 3.67. The fraction of sp³-hybridized carbons (Fsp3) is 1.00. The first-order chi connectivity index (χ1) is 5.11. The Kier molecular flexibility index (Phi) is 1.54. The number of aliphatic hydroxyl groups is 1. The highest BCUT2D eigenvalue weighted by Crippen LogP contribution is 2.60. The molecule has 2 fully saturated rings. The van der Waals surface area contributed by atoms with Gasteiger partial charge in [-0.15, -0.1) is 0 Å². The van der Waals surface area contributed by atoms with Crippen LogP contribution in [0.3, 0.4) is 0 Å². The van der Waals surface area contributed by atoms with Gasteiger partial charge in [0.25, 0.3) is 0 Å². The van der Waals surface area contributed by atoms with Crippen LogP contribution in [0.4, 0.5) is 0 Å². The van der Waals surface area contributed by atoms with Gasteiger partial charge in [-0.1, -0.05) is 13.8 Å². The molecule has 64 valence electrons. The van der Waals surface area contributed by atoms with Gasteiger partial charge in [0.05, 0.1) is 6.10 Å². The van der Waals surface area contributed by atoms with Crippen molar-refractivity contribution in [1.29, 1.82) is 0 Å². The van der Waals surface area contributed by atoms with Crippen LogP contribution in [0.1, 0.15) is 39.5 Å². The Labute approximate surface area is 68.8 Å². The summed E-state index contributed by atoms with van der Waals surface area (Å²) < 4.78 is 0. The van der Waals surface area contributed by atoms with E-state index in [9.17, 15) is 5.11 Å². The lowest BCUT2D eigenvalue weighted by Gasteiger charge is -2.57. The Hall–Kier alpha value is -0.0400. The summed E-state index contributed by atoms with van der Waals surface area (Å²) >= 11 is 0. The van der Waals surface area contributed by atoms with Crippen molar-refractivity contribution >= 4 is 0 Å². The Morgan fingerprint density at radius 1 is 1.18 bits per heavy atom. The van der Waals surface area contributed by atoms with Crippen LogP contribution in [0.25, 0.3) is 0 Å². The summed E-state index contributed by atoms with van der Waals surface area (Å²) in [5.41, 5.74) is 0.619.